The molecule has 0 saturated carbocycles. The molecule has 3 nitrogen and oxygen atoms in total. The number of halogens is 4. The maximum Gasteiger partial charge on any atom is 0.208 e. The second-order valence-corrected chi connectivity index (χ2v) is 8.98. The molecule has 0 bridgehead atoms. The number of pyridine rings is 1. The summed E-state index contributed by atoms with van der Waals surface area (Å²) >= 11 is 11.8. The molecule has 4 rings (SSSR count). The third-order valence-corrected chi connectivity index (χ3v) is 6.72. The van der Waals surface area contributed by atoms with E-state index in [2.05, 4.69) is 4.98 Å². The molecule has 0 fully saturated rings. The summed E-state index contributed by atoms with van der Waals surface area (Å²) in [6.45, 7) is 0. The molecule has 0 aliphatic heterocycles. The fourth-order valence-electron chi connectivity index (χ4n) is 3.06. The zero-order valence-electron chi connectivity index (χ0n) is 14.5. The van der Waals surface area contributed by atoms with Crippen LogP contribution in [-0.2, 0) is 9.84 Å². The SMILES string of the molecule is O=S(=O)(c1ccc(F)c(Cl)c1)c1cnc2cc(Cl)ccc2c1-c1ccccc1F. The molecule has 0 radical (unpaired) electrons. The van der Waals surface area contributed by atoms with Crippen LogP contribution in [0.2, 0.25) is 10.0 Å². The number of fused-ring (bicyclic) bond motifs is 1. The maximum atomic E-state index is 14.7. The van der Waals surface area contributed by atoms with E-state index in [0.717, 1.165) is 24.4 Å². The minimum atomic E-state index is -4.19. The van der Waals surface area contributed by atoms with Gasteiger partial charge in [0.2, 0.25) is 9.84 Å². The fraction of sp³-hybridized carbons (Fsp3) is 0. The van der Waals surface area contributed by atoms with Crippen molar-refractivity contribution in [3.63, 3.8) is 0 Å². The van der Waals surface area contributed by atoms with Gasteiger partial charge in [0.25, 0.3) is 0 Å². The quantitative estimate of drug-likeness (QED) is 0.343. The van der Waals surface area contributed by atoms with Gasteiger partial charge in [0, 0.05) is 27.7 Å². The van der Waals surface area contributed by atoms with Gasteiger partial charge < -0.3 is 0 Å². The van der Waals surface area contributed by atoms with E-state index >= 15 is 0 Å². The molecule has 0 spiro atoms. The first-order chi connectivity index (χ1) is 13.8. The Kier molecular flexibility index (Phi) is 5.02. The highest BCUT2D eigenvalue weighted by molar-refractivity contribution is 7.91. The van der Waals surface area contributed by atoms with Crippen molar-refractivity contribution in [3.05, 3.63) is 88.5 Å². The number of aromatic nitrogens is 1. The third kappa shape index (κ3) is 3.48. The van der Waals surface area contributed by atoms with Crippen molar-refractivity contribution in [2.75, 3.05) is 0 Å². The van der Waals surface area contributed by atoms with E-state index in [1.807, 2.05) is 0 Å². The number of nitrogens with zero attached hydrogens (tertiary/aromatic N) is 1. The number of benzene rings is 3. The van der Waals surface area contributed by atoms with Gasteiger partial charge in [-0.1, -0.05) is 47.5 Å². The highest BCUT2D eigenvalue weighted by atomic mass is 35.5. The van der Waals surface area contributed by atoms with Crippen LogP contribution in [0.3, 0.4) is 0 Å². The lowest BCUT2D eigenvalue weighted by atomic mass is 10.0. The Labute approximate surface area is 175 Å². The average molecular weight is 450 g/mol. The second-order valence-electron chi connectivity index (χ2n) is 6.22. The van der Waals surface area contributed by atoms with Crippen LogP contribution in [0.1, 0.15) is 0 Å². The summed E-state index contributed by atoms with van der Waals surface area (Å²) < 4.78 is 54.9. The van der Waals surface area contributed by atoms with E-state index in [0.29, 0.717) is 15.9 Å². The van der Waals surface area contributed by atoms with Crippen LogP contribution in [-0.4, -0.2) is 13.4 Å². The van der Waals surface area contributed by atoms with E-state index in [4.69, 9.17) is 23.2 Å². The van der Waals surface area contributed by atoms with E-state index in [-0.39, 0.29) is 25.9 Å². The van der Waals surface area contributed by atoms with Crippen molar-refractivity contribution in [1.29, 1.82) is 0 Å². The Morgan fingerprint density at radius 3 is 2.34 bits per heavy atom. The summed E-state index contributed by atoms with van der Waals surface area (Å²) in [7, 11) is -4.19. The van der Waals surface area contributed by atoms with Crippen molar-refractivity contribution in [1.82, 2.24) is 4.98 Å². The molecular weight excluding hydrogens is 439 g/mol. The van der Waals surface area contributed by atoms with Crippen molar-refractivity contribution < 1.29 is 17.2 Å². The molecule has 8 heteroatoms. The molecule has 0 N–H and O–H groups in total. The number of hydrogen-bond acceptors (Lipinski definition) is 3. The van der Waals surface area contributed by atoms with E-state index in [1.165, 1.54) is 18.2 Å². The average Bonchev–Trinajstić information content (AvgIpc) is 2.69. The largest absolute Gasteiger partial charge is 0.255 e. The van der Waals surface area contributed by atoms with Gasteiger partial charge in [0.15, 0.2) is 0 Å². The van der Waals surface area contributed by atoms with E-state index < -0.39 is 21.5 Å². The Balaban J connectivity index is 2.09. The molecule has 4 aromatic rings. The second kappa shape index (κ2) is 7.37. The van der Waals surface area contributed by atoms with Gasteiger partial charge in [-0.15, -0.1) is 0 Å². The normalized spacial score (nSPS) is 11.7. The molecule has 146 valence electrons. The molecule has 0 unspecified atom stereocenters. The first kappa shape index (κ1) is 19.8. The summed E-state index contributed by atoms with van der Waals surface area (Å²) in [5.41, 5.74) is 0.645. The first-order valence-corrected chi connectivity index (χ1v) is 10.6. The topological polar surface area (TPSA) is 47.0 Å². The Morgan fingerprint density at radius 1 is 0.862 bits per heavy atom. The smallest absolute Gasteiger partial charge is 0.208 e. The lowest BCUT2D eigenvalue weighted by molar-refractivity contribution is 0.594. The molecule has 0 aliphatic rings. The predicted molar refractivity (Wildman–Crippen MR) is 109 cm³/mol. The summed E-state index contributed by atoms with van der Waals surface area (Å²) in [6.07, 6.45) is 1.15. The fourth-order valence-corrected chi connectivity index (χ4v) is 4.93. The van der Waals surface area contributed by atoms with Gasteiger partial charge in [0.1, 0.15) is 11.6 Å². The molecule has 3 aromatic carbocycles. The Bertz CT molecular complexity index is 1370. The summed E-state index contributed by atoms with van der Waals surface area (Å²) in [6, 6.07) is 13.6. The van der Waals surface area contributed by atoms with Crippen molar-refractivity contribution in [3.8, 4) is 11.1 Å². The van der Waals surface area contributed by atoms with Gasteiger partial charge >= 0.3 is 0 Å². The molecule has 0 aliphatic carbocycles. The molecule has 29 heavy (non-hydrogen) atoms. The standard InChI is InChI=1S/C21H11Cl2F2NO2S/c22-12-5-7-15-19(9-12)26-11-20(21(15)14-3-1-2-4-17(14)24)29(27,28)13-6-8-18(25)16(23)10-13/h1-11H. The van der Waals surface area contributed by atoms with Crippen LogP contribution in [0.25, 0.3) is 22.0 Å². The van der Waals surface area contributed by atoms with Crippen LogP contribution in [0, 0.1) is 11.6 Å². The lowest BCUT2D eigenvalue weighted by Gasteiger charge is -2.15. The lowest BCUT2D eigenvalue weighted by Crippen LogP contribution is -2.06. The molecule has 1 heterocycles. The van der Waals surface area contributed by atoms with Crippen LogP contribution in [0.15, 0.2) is 76.7 Å². The first-order valence-electron chi connectivity index (χ1n) is 8.32. The van der Waals surface area contributed by atoms with Crippen LogP contribution in [0.4, 0.5) is 8.78 Å². The van der Waals surface area contributed by atoms with E-state index in [9.17, 15) is 17.2 Å². The zero-order valence-corrected chi connectivity index (χ0v) is 16.9. The monoisotopic (exact) mass is 449 g/mol. The van der Waals surface area contributed by atoms with Crippen LogP contribution >= 0.6 is 23.2 Å². The molecule has 0 saturated heterocycles. The summed E-state index contributed by atoms with van der Waals surface area (Å²) in [4.78, 5) is 3.75. The van der Waals surface area contributed by atoms with Gasteiger partial charge in [-0.3, -0.25) is 4.98 Å². The van der Waals surface area contributed by atoms with Gasteiger partial charge in [-0.05, 0) is 36.4 Å². The van der Waals surface area contributed by atoms with Crippen LogP contribution < -0.4 is 0 Å². The minimum Gasteiger partial charge on any atom is -0.255 e. The number of sulfone groups is 1. The van der Waals surface area contributed by atoms with Gasteiger partial charge in [-0.2, -0.15) is 0 Å². The van der Waals surface area contributed by atoms with E-state index in [1.54, 1.807) is 24.3 Å². The summed E-state index contributed by atoms with van der Waals surface area (Å²) in [5.74, 6) is -1.34. The molecule has 1 aromatic heterocycles. The highest BCUT2D eigenvalue weighted by Crippen LogP contribution is 2.38. The molecular formula is C21H11Cl2F2NO2S. The van der Waals surface area contributed by atoms with Gasteiger partial charge in [0.05, 0.1) is 20.3 Å². The van der Waals surface area contributed by atoms with Gasteiger partial charge in [-0.25, -0.2) is 17.2 Å². The zero-order chi connectivity index (χ0) is 20.8. The molecule has 0 atom stereocenters. The van der Waals surface area contributed by atoms with Crippen molar-refractivity contribution >= 4 is 43.9 Å². The molecule has 0 amide bonds. The predicted octanol–water partition coefficient (Wildman–Crippen LogP) is 6.32. The van der Waals surface area contributed by atoms with Crippen LogP contribution in [0.5, 0.6) is 0 Å². The maximum absolute atomic E-state index is 14.7. The number of hydrogen-bond donors (Lipinski definition) is 0. The summed E-state index contributed by atoms with van der Waals surface area (Å²) in [5, 5.41) is 0.484. The minimum absolute atomic E-state index is 0.0917. The van der Waals surface area contributed by atoms with Crippen molar-refractivity contribution in [2.45, 2.75) is 9.79 Å². The Morgan fingerprint density at radius 2 is 1.62 bits per heavy atom. The third-order valence-electron chi connectivity index (χ3n) is 4.43. The Hall–Kier alpha value is -2.54. The van der Waals surface area contributed by atoms with Crippen molar-refractivity contribution in [2.24, 2.45) is 0 Å². The highest BCUT2D eigenvalue weighted by Gasteiger charge is 2.26. The number of rotatable bonds is 3.